The first-order valence-corrected chi connectivity index (χ1v) is 11.0. The Bertz CT molecular complexity index is 580. The molecule has 0 spiro atoms. The molecular formula is C24H38O4. The highest BCUT2D eigenvalue weighted by Gasteiger charge is 2.20. The minimum Gasteiger partial charge on any atom is -0.478 e. The van der Waals surface area contributed by atoms with Crippen molar-refractivity contribution in [3.05, 3.63) is 35.4 Å². The maximum absolute atomic E-state index is 12.6. The Kier molecular flexibility index (Phi) is 12.3. The molecule has 0 saturated heterocycles. The van der Waals surface area contributed by atoms with E-state index in [0.29, 0.717) is 0 Å². The number of unbranched alkanes of at least 4 members (excludes halogenated alkanes) is 6. The van der Waals surface area contributed by atoms with Crippen LogP contribution in [0.2, 0.25) is 0 Å². The average molecular weight is 391 g/mol. The number of hydrogen-bond acceptors (Lipinski definition) is 3. The van der Waals surface area contributed by atoms with Crippen molar-refractivity contribution in [2.45, 2.75) is 97.5 Å². The molecule has 0 fully saturated rings. The van der Waals surface area contributed by atoms with Crippen molar-refractivity contribution >= 4 is 11.9 Å². The molecule has 1 aromatic rings. The van der Waals surface area contributed by atoms with Crippen LogP contribution in [0.4, 0.5) is 0 Å². The number of carbonyl (C=O) groups excluding carboxylic acids is 1. The zero-order valence-corrected chi connectivity index (χ0v) is 17.9. The Labute approximate surface area is 170 Å². The van der Waals surface area contributed by atoms with Crippen LogP contribution in [-0.4, -0.2) is 23.1 Å². The molecule has 1 rings (SSSR count). The molecule has 0 radical (unpaired) electrons. The third kappa shape index (κ3) is 9.91. The predicted molar refractivity (Wildman–Crippen MR) is 114 cm³/mol. The number of carboxylic acid groups (broad SMARTS) is 1. The summed E-state index contributed by atoms with van der Waals surface area (Å²) in [5, 5.41) is 9.31. The standard InChI is InChI=1S/C24H38O4/c1-4-5-6-7-10-15-20(16-11-8-9-14-19(2)3)28-24(27)22-18-13-12-17-21(22)23(25)26/h12-13,17-20H,4-11,14-16H2,1-3H3,(H,25,26). The van der Waals surface area contributed by atoms with Crippen LogP contribution in [0.15, 0.2) is 24.3 Å². The van der Waals surface area contributed by atoms with E-state index in [9.17, 15) is 14.7 Å². The molecule has 4 heteroatoms. The second-order valence-corrected chi connectivity index (χ2v) is 8.11. The molecule has 1 N–H and O–H groups in total. The van der Waals surface area contributed by atoms with Gasteiger partial charge in [0.15, 0.2) is 0 Å². The lowest BCUT2D eigenvalue weighted by molar-refractivity contribution is 0.0244. The summed E-state index contributed by atoms with van der Waals surface area (Å²) in [6, 6.07) is 6.28. The molecule has 0 bridgehead atoms. The highest BCUT2D eigenvalue weighted by molar-refractivity contribution is 6.02. The number of carbonyl (C=O) groups is 2. The Hall–Kier alpha value is -1.84. The van der Waals surface area contributed by atoms with Crippen molar-refractivity contribution in [3.8, 4) is 0 Å². The largest absolute Gasteiger partial charge is 0.478 e. The molecule has 1 aromatic carbocycles. The van der Waals surface area contributed by atoms with Gasteiger partial charge in [0.1, 0.15) is 6.10 Å². The highest BCUT2D eigenvalue weighted by atomic mass is 16.5. The van der Waals surface area contributed by atoms with E-state index in [-0.39, 0.29) is 17.2 Å². The van der Waals surface area contributed by atoms with Crippen LogP contribution in [-0.2, 0) is 4.74 Å². The van der Waals surface area contributed by atoms with Crippen LogP contribution >= 0.6 is 0 Å². The fourth-order valence-electron chi connectivity index (χ4n) is 3.40. The van der Waals surface area contributed by atoms with Gasteiger partial charge in [-0.25, -0.2) is 9.59 Å². The van der Waals surface area contributed by atoms with Crippen LogP contribution in [0, 0.1) is 5.92 Å². The summed E-state index contributed by atoms with van der Waals surface area (Å²) < 4.78 is 5.76. The topological polar surface area (TPSA) is 63.6 Å². The summed E-state index contributed by atoms with van der Waals surface area (Å²) in [7, 11) is 0. The number of hydrogen-bond donors (Lipinski definition) is 1. The molecule has 158 valence electrons. The number of carboxylic acids is 1. The van der Waals surface area contributed by atoms with E-state index in [1.54, 1.807) is 12.1 Å². The first-order chi connectivity index (χ1) is 13.5. The smallest absolute Gasteiger partial charge is 0.339 e. The summed E-state index contributed by atoms with van der Waals surface area (Å²) >= 11 is 0. The Balaban J connectivity index is 2.61. The van der Waals surface area contributed by atoms with Gasteiger partial charge >= 0.3 is 11.9 Å². The van der Waals surface area contributed by atoms with Gasteiger partial charge in [0.25, 0.3) is 0 Å². The molecule has 28 heavy (non-hydrogen) atoms. The third-order valence-corrected chi connectivity index (χ3v) is 5.09. The van der Waals surface area contributed by atoms with Gasteiger partial charge in [0, 0.05) is 0 Å². The van der Waals surface area contributed by atoms with E-state index < -0.39 is 11.9 Å². The monoisotopic (exact) mass is 390 g/mol. The van der Waals surface area contributed by atoms with Crippen molar-refractivity contribution < 1.29 is 19.4 Å². The van der Waals surface area contributed by atoms with E-state index in [1.165, 1.54) is 44.2 Å². The predicted octanol–water partition coefficient (Wildman–Crippen LogP) is 6.88. The van der Waals surface area contributed by atoms with Crippen molar-refractivity contribution in [2.75, 3.05) is 0 Å². The molecule has 4 nitrogen and oxygen atoms in total. The van der Waals surface area contributed by atoms with E-state index in [2.05, 4.69) is 20.8 Å². The molecule has 0 saturated carbocycles. The number of aromatic carboxylic acids is 1. The van der Waals surface area contributed by atoms with Crippen molar-refractivity contribution in [1.82, 2.24) is 0 Å². The van der Waals surface area contributed by atoms with Gasteiger partial charge in [-0.05, 0) is 43.7 Å². The lowest BCUT2D eigenvalue weighted by Gasteiger charge is -2.19. The maximum Gasteiger partial charge on any atom is 0.339 e. The summed E-state index contributed by atoms with van der Waals surface area (Å²) in [6.07, 6.45) is 12.1. The lowest BCUT2D eigenvalue weighted by Crippen LogP contribution is -2.20. The number of rotatable bonds is 15. The van der Waals surface area contributed by atoms with Gasteiger partial charge in [-0.3, -0.25) is 0 Å². The lowest BCUT2D eigenvalue weighted by atomic mass is 10.0. The number of esters is 1. The fourth-order valence-corrected chi connectivity index (χ4v) is 3.40. The quantitative estimate of drug-likeness (QED) is 0.262. The summed E-state index contributed by atoms with van der Waals surface area (Å²) in [4.78, 5) is 24.0. The second kappa shape index (κ2) is 14.2. The zero-order chi connectivity index (χ0) is 20.8. The molecule has 1 atom stereocenters. The first-order valence-electron chi connectivity index (χ1n) is 11.0. The molecule has 0 aromatic heterocycles. The minimum absolute atomic E-state index is 0.00568. The van der Waals surface area contributed by atoms with E-state index in [4.69, 9.17) is 4.74 Å². The van der Waals surface area contributed by atoms with Crippen LogP contribution < -0.4 is 0 Å². The molecule has 0 heterocycles. The molecule has 0 aliphatic heterocycles. The Morgan fingerprint density at radius 3 is 1.96 bits per heavy atom. The van der Waals surface area contributed by atoms with Gasteiger partial charge < -0.3 is 9.84 Å². The van der Waals surface area contributed by atoms with E-state index in [1.807, 2.05) is 0 Å². The van der Waals surface area contributed by atoms with Gasteiger partial charge in [-0.15, -0.1) is 0 Å². The fraction of sp³-hybridized carbons (Fsp3) is 0.667. The van der Waals surface area contributed by atoms with Gasteiger partial charge in [0.05, 0.1) is 11.1 Å². The first kappa shape index (κ1) is 24.2. The van der Waals surface area contributed by atoms with E-state index in [0.717, 1.165) is 44.4 Å². The van der Waals surface area contributed by atoms with Crippen LogP contribution in [0.25, 0.3) is 0 Å². The Morgan fingerprint density at radius 1 is 0.857 bits per heavy atom. The molecule has 0 amide bonds. The Morgan fingerprint density at radius 2 is 1.39 bits per heavy atom. The third-order valence-electron chi connectivity index (χ3n) is 5.09. The van der Waals surface area contributed by atoms with Crippen LogP contribution in [0.1, 0.15) is 112 Å². The van der Waals surface area contributed by atoms with Gasteiger partial charge in [-0.1, -0.05) is 77.8 Å². The zero-order valence-electron chi connectivity index (χ0n) is 17.9. The van der Waals surface area contributed by atoms with Gasteiger partial charge in [-0.2, -0.15) is 0 Å². The molecular weight excluding hydrogens is 352 g/mol. The summed E-state index contributed by atoms with van der Waals surface area (Å²) in [5.41, 5.74) is 0.150. The molecule has 0 aliphatic rings. The SMILES string of the molecule is CCCCCCCC(CCCCCC(C)C)OC(=O)c1ccccc1C(=O)O. The maximum atomic E-state index is 12.6. The number of ether oxygens (including phenoxy) is 1. The highest BCUT2D eigenvalue weighted by Crippen LogP contribution is 2.19. The minimum atomic E-state index is -1.10. The average Bonchev–Trinajstić information content (AvgIpc) is 2.66. The summed E-state index contributed by atoms with van der Waals surface area (Å²) in [6.45, 7) is 6.67. The molecule has 1 unspecified atom stereocenters. The second-order valence-electron chi connectivity index (χ2n) is 8.11. The van der Waals surface area contributed by atoms with Crippen molar-refractivity contribution in [1.29, 1.82) is 0 Å². The van der Waals surface area contributed by atoms with Crippen molar-refractivity contribution in [3.63, 3.8) is 0 Å². The van der Waals surface area contributed by atoms with Crippen LogP contribution in [0.3, 0.4) is 0 Å². The van der Waals surface area contributed by atoms with Gasteiger partial charge in [0.2, 0.25) is 0 Å². The van der Waals surface area contributed by atoms with E-state index >= 15 is 0 Å². The number of benzene rings is 1. The van der Waals surface area contributed by atoms with Crippen molar-refractivity contribution in [2.24, 2.45) is 5.92 Å². The summed E-state index contributed by atoms with van der Waals surface area (Å²) in [5.74, 6) is -0.893. The van der Waals surface area contributed by atoms with Crippen LogP contribution in [0.5, 0.6) is 0 Å². The molecule has 0 aliphatic carbocycles. The normalized spacial score (nSPS) is 12.1.